The summed E-state index contributed by atoms with van der Waals surface area (Å²) >= 11 is 0. The molecule has 0 spiro atoms. The maximum atomic E-state index is 4.07. The minimum atomic E-state index is 1.01. The van der Waals surface area contributed by atoms with Gasteiger partial charge in [0.25, 0.3) is 0 Å². The molecule has 0 aliphatic carbocycles. The monoisotopic (exact) mass is 702 g/mol. The Hall–Kier alpha value is 0. The fourth-order valence-electron chi connectivity index (χ4n) is 8.42. The molecule has 0 heterocycles. The van der Waals surface area contributed by atoms with Crippen molar-refractivity contribution in [2.45, 2.75) is 309 Å². The van der Waals surface area contributed by atoms with Gasteiger partial charge in [-0.1, -0.05) is 316 Å². The molecule has 0 aliphatic heterocycles. The van der Waals surface area contributed by atoms with Gasteiger partial charge in [-0.15, -0.1) is 0 Å². The average Bonchev–Trinajstić information content (AvgIpc) is 3.13. The van der Waals surface area contributed by atoms with E-state index in [1.54, 1.807) is 0 Å². The minimum absolute atomic E-state index is 1.01. The lowest BCUT2D eigenvalue weighted by Crippen LogP contribution is -2.01. The molecule has 0 saturated heterocycles. The van der Waals surface area contributed by atoms with Crippen LogP contribution in [0.3, 0.4) is 0 Å². The van der Waals surface area contributed by atoms with Crippen molar-refractivity contribution in [1.29, 1.82) is 0 Å². The zero-order valence-electron chi connectivity index (χ0n) is 35.8. The van der Waals surface area contributed by atoms with Gasteiger partial charge in [-0.3, -0.25) is 0 Å². The van der Waals surface area contributed by atoms with Gasteiger partial charge >= 0.3 is 0 Å². The van der Waals surface area contributed by atoms with Gasteiger partial charge in [0.05, 0.1) is 0 Å². The average molecular weight is 702 g/mol. The molecule has 0 aromatic heterocycles. The third kappa shape index (κ3) is 44.2. The molecule has 0 aliphatic rings. The summed E-state index contributed by atoms with van der Waals surface area (Å²) in [6.45, 7) is 8.69. The van der Waals surface area contributed by atoms with Crippen molar-refractivity contribution in [3.05, 3.63) is 6.92 Å². The van der Waals surface area contributed by atoms with Crippen molar-refractivity contribution in [3.8, 4) is 0 Å². The van der Waals surface area contributed by atoms with Gasteiger partial charge in [0.1, 0.15) is 0 Å². The fraction of sp³-hybridized carbons (Fsp3) is 0.980. The third-order valence-corrected chi connectivity index (χ3v) is 12.0. The third-order valence-electron chi connectivity index (χ3n) is 12.0. The summed E-state index contributed by atoms with van der Waals surface area (Å²) in [7, 11) is 0. The van der Waals surface area contributed by atoms with E-state index < -0.39 is 0 Å². The van der Waals surface area contributed by atoms with Crippen molar-refractivity contribution in [2.75, 3.05) is 0 Å². The SMILES string of the molecule is [CH2]CCCCCC(CCCCCCCCCCCCCCCCCCCCC)CCCCCCCCCCCCCCCCCCCCCC. The van der Waals surface area contributed by atoms with E-state index in [1.165, 1.54) is 289 Å². The van der Waals surface area contributed by atoms with Crippen molar-refractivity contribution in [3.63, 3.8) is 0 Å². The van der Waals surface area contributed by atoms with E-state index >= 15 is 0 Å². The molecule has 301 valence electrons. The van der Waals surface area contributed by atoms with Crippen LogP contribution in [0.1, 0.15) is 309 Å². The largest absolute Gasteiger partial charge is 0.0654 e. The second kappa shape index (κ2) is 47.0. The Balaban J connectivity index is 3.55. The first-order valence-electron chi connectivity index (χ1n) is 24.6. The summed E-state index contributed by atoms with van der Waals surface area (Å²) in [5.41, 5.74) is 0. The van der Waals surface area contributed by atoms with E-state index in [2.05, 4.69) is 20.8 Å². The van der Waals surface area contributed by atoms with Crippen molar-refractivity contribution in [1.82, 2.24) is 0 Å². The lowest BCUT2D eigenvalue weighted by molar-refractivity contribution is 0.366. The highest BCUT2D eigenvalue weighted by Gasteiger charge is 2.09. The molecular weight excluding hydrogens is 601 g/mol. The first kappa shape index (κ1) is 50.0. The van der Waals surface area contributed by atoms with E-state index in [-0.39, 0.29) is 0 Å². The normalized spacial score (nSPS) is 12.3. The van der Waals surface area contributed by atoms with Gasteiger partial charge in [-0.05, 0) is 5.92 Å². The highest BCUT2D eigenvalue weighted by Crippen LogP contribution is 2.25. The Kier molecular flexibility index (Phi) is 47.0. The molecule has 0 N–H and O–H groups in total. The van der Waals surface area contributed by atoms with E-state index in [4.69, 9.17) is 0 Å². The van der Waals surface area contributed by atoms with Crippen molar-refractivity contribution < 1.29 is 0 Å². The number of unbranched alkanes of at least 4 members (excludes halogenated alkanes) is 40. The van der Waals surface area contributed by atoms with Crippen LogP contribution in [0.5, 0.6) is 0 Å². The molecule has 0 aromatic carbocycles. The zero-order chi connectivity index (χ0) is 36.1. The maximum absolute atomic E-state index is 4.07. The predicted octanol–water partition coefficient (Wildman–Crippen LogP) is 19.4. The zero-order valence-corrected chi connectivity index (χ0v) is 35.8. The lowest BCUT2D eigenvalue weighted by Gasteiger charge is -2.17. The Morgan fingerprint density at radius 3 is 0.560 bits per heavy atom. The van der Waals surface area contributed by atoms with Crippen molar-refractivity contribution >= 4 is 0 Å². The minimum Gasteiger partial charge on any atom is -0.0654 e. The molecule has 0 heteroatoms. The molecule has 1 atom stereocenters. The van der Waals surface area contributed by atoms with Crippen LogP contribution < -0.4 is 0 Å². The Bertz CT molecular complexity index is 550. The van der Waals surface area contributed by atoms with Crippen LogP contribution in [-0.4, -0.2) is 0 Å². The number of rotatable bonds is 46. The van der Waals surface area contributed by atoms with Crippen LogP contribution in [-0.2, 0) is 0 Å². The quantitative estimate of drug-likeness (QED) is 0.0554. The van der Waals surface area contributed by atoms with Crippen LogP contribution in [0, 0.1) is 12.8 Å². The maximum Gasteiger partial charge on any atom is -0.0414 e. The summed E-state index contributed by atoms with van der Waals surface area (Å²) in [5, 5.41) is 0. The first-order valence-corrected chi connectivity index (χ1v) is 24.6. The van der Waals surface area contributed by atoms with E-state index in [0.717, 1.165) is 12.3 Å². The highest BCUT2D eigenvalue weighted by atomic mass is 14.1. The topological polar surface area (TPSA) is 0 Å². The van der Waals surface area contributed by atoms with Crippen LogP contribution in [0.2, 0.25) is 0 Å². The summed E-state index contributed by atoms with van der Waals surface area (Å²) < 4.78 is 0. The number of hydrogen-bond acceptors (Lipinski definition) is 0. The van der Waals surface area contributed by atoms with E-state index in [9.17, 15) is 0 Å². The molecule has 1 unspecified atom stereocenters. The molecular formula is C50H101. The summed E-state index contributed by atoms with van der Waals surface area (Å²) in [4.78, 5) is 0. The van der Waals surface area contributed by atoms with E-state index in [1.807, 2.05) is 0 Å². The Labute approximate surface area is 321 Å². The Morgan fingerprint density at radius 2 is 0.380 bits per heavy atom. The first-order chi connectivity index (χ1) is 24.8. The van der Waals surface area contributed by atoms with Crippen LogP contribution >= 0.6 is 0 Å². The van der Waals surface area contributed by atoms with Crippen molar-refractivity contribution in [2.24, 2.45) is 5.92 Å². The molecule has 0 aromatic rings. The highest BCUT2D eigenvalue weighted by molar-refractivity contribution is 4.63. The van der Waals surface area contributed by atoms with Gasteiger partial charge in [0.2, 0.25) is 0 Å². The van der Waals surface area contributed by atoms with Gasteiger partial charge in [-0.2, -0.15) is 0 Å². The van der Waals surface area contributed by atoms with Gasteiger partial charge in [-0.25, -0.2) is 0 Å². The number of hydrogen-bond donors (Lipinski definition) is 0. The Morgan fingerprint density at radius 1 is 0.220 bits per heavy atom. The lowest BCUT2D eigenvalue weighted by atomic mass is 9.89. The molecule has 0 fully saturated rings. The molecule has 50 heavy (non-hydrogen) atoms. The van der Waals surface area contributed by atoms with E-state index in [0.29, 0.717) is 0 Å². The molecule has 1 radical (unpaired) electrons. The van der Waals surface area contributed by atoms with Gasteiger partial charge in [0.15, 0.2) is 0 Å². The molecule has 0 saturated carbocycles. The molecule has 0 nitrogen and oxygen atoms in total. The standard InChI is InChI=1S/C50H101/c1-4-7-10-13-15-17-19-21-23-25-27-29-31-33-35-37-39-41-43-46-49-50(47-44-12-9-6-3)48-45-42-40-38-36-34-32-30-28-26-24-22-20-18-16-14-11-8-5-2/h50H,3-49H2,1-2H3. The second-order valence-electron chi connectivity index (χ2n) is 17.2. The molecule has 0 rings (SSSR count). The molecule has 0 bridgehead atoms. The van der Waals surface area contributed by atoms with Gasteiger partial charge in [0, 0.05) is 0 Å². The smallest absolute Gasteiger partial charge is 0.0414 e. The predicted molar refractivity (Wildman–Crippen MR) is 233 cm³/mol. The van der Waals surface area contributed by atoms with Crippen LogP contribution in [0.4, 0.5) is 0 Å². The summed E-state index contributed by atoms with van der Waals surface area (Å²) in [6, 6.07) is 0. The van der Waals surface area contributed by atoms with Gasteiger partial charge < -0.3 is 0 Å². The van der Waals surface area contributed by atoms with Crippen LogP contribution in [0.25, 0.3) is 0 Å². The summed E-state index contributed by atoms with van der Waals surface area (Å²) in [6.07, 6.45) is 67.6. The molecule has 0 amide bonds. The van der Waals surface area contributed by atoms with Crippen LogP contribution in [0.15, 0.2) is 0 Å². The summed E-state index contributed by atoms with van der Waals surface area (Å²) in [5.74, 6) is 1.01. The second-order valence-corrected chi connectivity index (χ2v) is 17.2. The fourth-order valence-corrected chi connectivity index (χ4v) is 8.42.